The van der Waals surface area contributed by atoms with Crippen LogP contribution in [0.5, 0.6) is 0 Å². The molecule has 4 atom stereocenters. The Morgan fingerprint density at radius 2 is 2.07 bits per heavy atom. The minimum atomic E-state index is -3.69. The highest BCUT2D eigenvalue weighted by Crippen LogP contribution is 2.56. The number of fused-ring (bicyclic) bond motifs is 1. The number of H-pyrrole nitrogens is 1. The van der Waals surface area contributed by atoms with E-state index in [1.165, 1.54) is 25.7 Å². The summed E-state index contributed by atoms with van der Waals surface area (Å²) in [7, 11) is -3.69. The van der Waals surface area contributed by atoms with Crippen LogP contribution in [-0.4, -0.2) is 35.0 Å². The van der Waals surface area contributed by atoms with Crippen molar-refractivity contribution in [1.82, 2.24) is 9.55 Å². The molecule has 0 bridgehead atoms. The molecule has 1 aromatic rings. The second-order valence-electron chi connectivity index (χ2n) is 7.52. The Kier molecular flexibility index (Phi) is 5.85. The smallest absolute Gasteiger partial charge is 0.349 e. The van der Waals surface area contributed by atoms with Crippen molar-refractivity contribution in [1.29, 1.82) is 0 Å². The molecule has 0 radical (unpaired) electrons. The molecule has 11 heteroatoms. The standard InChI is InChI=1S/C17H24FN2O7P/c18-12-9-20(17(22)19-16(12)21)15-8-13-14(26-15)10-25-28(23,27-13)24-7-3-6-11-4-1-2-5-11/h9,11,13-15H,1-8,10H2,(H,19,21,22)/t13-,14+,15+,28?/m0/s1. The van der Waals surface area contributed by atoms with Gasteiger partial charge >= 0.3 is 13.5 Å². The summed E-state index contributed by atoms with van der Waals surface area (Å²) in [6, 6.07) is 0. The van der Waals surface area contributed by atoms with Crippen LogP contribution < -0.4 is 11.2 Å². The molecule has 2 aliphatic heterocycles. The van der Waals surface area contributed by atoms with E-state index in [9.17, 15) is 18.5 Å². The molecule has 0 spiro atoms. The van der Waals surface area contributed by atoms with E-state index in [0.717, 1.165) is 29.5 Å². The first-order valence-electron chi connectivity index (χ1n) is 9.67. The molecule has 1 N–H and O–H groups in total. The van der Waals surface area contributed by atoms with Gasteiger partial charge in [-0.2, -0.15) is 4.39 Å². The van der Waals surface area contributed by atoms with Gasteiger partial charge in [-0.3, -0.25) is 27.9 Å². The van der Waals surface area contributed by atoms with E-state index in [4.69, 9.17) is 18.3 Å². The number of nitrogens with one attached hydrogen (secondary N) is 1. The van der Waals surface area contributed by atoms with Crippen molar-refractivity contribution in [3.63, 3.8) is 0 Å². The SMILES string of the molecule is O=c1[nH]c(=O)n([C@H]2C[C@@H]3OP(=O)(OCCCC4CCCC4)OC[C@H]3O2)cc1F. The highest BCUT2D eigenvalue weighted by atomic mass is 31.2. The minimum absolute atomic E-state index is 0.0122. The Morgan fingerprint density at radius 1 is 1.29 bits per heavy atom. The van der Waals surface area contributed by atoms with Gasteiger partial charge in [-0.05, 0) is 18.8 Å². The Hall–Kier alpha value is -1.32. The zero-order valence-corrected chi connectivity index (χ0v) is 16.3. The minimum Gasteiger partial charge on any atom is -0.349 e. The molecule has 3 fully saturated rings. The van der Waals surface area contributed by atoms with E-state index in [0.29, 0.717) is 6.61 Å². The van der Waals surface area contributed by atoms with Crippen LogP contribution in [0.15, 0.2) is 15.8 Å². The largest absolute Gasteiger partial charge is 0.475 e. The van der Waals surface area contributed by atoms with E-state index in [1.54, 1.807) is 0 Å². The normalized spacial score (nSPS) is 33.2. The number of ether oxygens (including phenoxy) is 1. The third-order valence-electron chi connectivity index (χ3n) is 5.56. The number of nitrogens with zero attached hydrogens (tertiary/aromatic N) is 1. The number of aromatic nitrogens is 2. The van der Waals surface area contributed by atoms with Gasteiger partial charge in [0.05, 0.1) is 19.4 Å². The summed E-state index contributed by atoms with van der Waals surface area (Å²) >= 11 is 0. The van der Waals surface area contributed by atoms with Crippen molar-refractivity contribution in [2.75, 3.05) is 13.2 Å². The number of rotatable bonds is 6. The molecule has 1 unspecified atom stereocenters. The topological polar surface area (TPSA) is 109 Å². The molecule has 4 rings (SSSR count). The lowest BCUT2D eigenvalue weighted by atomic mass is 10.0. The highest BCUT2D eigenvalue weighted by Gasteiger charge is 2.48. The van der Waals surface area contributed by atoms with Gasteiger partial charge < -0.3 is 4.74 Å². The molecule has 2 saturated heterocycles. The molecule has 3 aliphatic rings. The van der Waals surface area contributed by atoms with Crippen LogP contribution in [0.1, 0.15) is 51.2 Å². The zero-order chi connectivity index (χ0) is 19.7. The van der Waals surface area contributed by atoms with Crippen LogP contribution in [-0.2, 0) is 22.9 Å². The number of halogens is 1. The molecule has 1 saturated carbocycles. The van der Waals surface area contributed by atoms with E-state index < -0.39 is 43.3 Å². The van der Waals surface area contributed by atoms with Crippen molar-refractivity contribution < 1.29 is 27.3 Å². The summed E-state index contributed by atoms with van der Waals surface area (Å²) in [4.78, 5) is 25.0. The third-order valence-corrected chi connectivity index (χ3v) is 7.05. The maximum Gasteiger partial charge on any atom is 0.475 e. The summed E-state index contributed by atoms with van der Waals surface area (Å²) < 4.78 is 49.0. The predicted molar refractivity (Wildman–Crippen MR) is 95.4 cm³/mol. The molecule has 0 aromatic carbocycles. The lowest BCUT2D eigenvalue weighted by molar-refractivity contribution is -0.0725. The zero-order valence-electron chi connectivity index (χ0n) is 15.4. The summed E-state index contributed by atoms with van der Waals surface area (Å²) in [6.07, 6.45) is 5.82. The predicted octanol–water partition coefficient (Wildman–Crippen LogP) is 2.47. The molecule has 156 valence electrons. The number of phosphoric acid groups is 1. The second kappa shape index (κ2) is 8.20. The van der Waals surface area contributed by atoms with Crippen molar-refractivity contribution in [2.45, 2.75) is 63.4 Å². The van der Waals surface area contributed by atoms with Gasteiger partial charge in [-0.15, -0.1) is 0 Å². The quantitative estimate of drug-likeness (QED) is 0.558. The van der Waals surface area contributed by atoms with Gasteiger partial charge in [-0.1, -0.05) is 25.7 Å². The van der Waals surface area contributed by atoms with E-state index >= 15 is 0 Å². The third kappa shape index (κ3) is 4.31. The summed E-state index contributed by atoms with van der Waals surface area (Å²) in [5.74, 6) is -0.367. The summed E-state index contributed by atoms with van der Waals surface area (Å²) in [5, 5.41) is 0. The second-order valence-corrected chi connectivity index (χ2v) is 9.14. The van der Waals surface area contributed by atoms with Crippen LogP contribution >= 0.6 is 7.82 Å². The first-order valence-corrected chi connectivity index (χ1v) is 11.1. The van der Waals surface area contributed by atoms with Crippen LogP contribution in [0.2, 0.25) is 0 Å². The van der Waals surface area contributed by atoms with E-state index in [2.05, 4.69) is 0 Å². The van der Waals surface area contributed by atoms with Gasteiger partial charge in [0.2, 0.25) is 5.82 Å². The van der Waals surface area contributed by atoms with Crippen LogP contribution in [0.3, 0.4) is 0 Å². The van der Waals surface area contributed by atoms with Gasteiger partial charge in [0.1, 0.15) is 18.4 Å². The Labute approximate surface area is 160 Å². The number of hydrogen-bond donors (Lipinski definition) is 1. The van der Waals surface area contributed by atoms with Crippen LogP contribution in [0, 0.1) is 11.7 Å². The monoisotopic (exact) mass is 418 g/mol. The molecule has 28 heavy (non-hydrogen) atoms. The number of aromatic amines is 1. The fourth-order valence-electron chi connectivity index (χ4n) is 4.08. The molecular formula is C17H24FN2O7P. The maximum absolute atomic E-state index is 13.5. The Morgan fingerprint density at radius 3 is 2.86 bits per heavy atom. The maximum atomic E-state index is 13.5. The fraction of sp³-hybridized carbons (Fsp3) is 0.765. The lowest BCUT2D eigenvalue weighted by Gasteiger charge is -2.29. The molecule has 3 heterocycles. The number of hydrogen-bond acceptors (Lipinski definition) is 7. The molecule has 0 amide bonds. The average molecular weight is 418 g/mol. The Balaban J connectivity index is 1.32. The highest BCUT2D eigenvalue weighted by molar-refractivity contribution is 7.48. The lowest BCUT2D eigenvalue weighted by Crippen LogP contribution is -2.34. The van der Waals surface area contributed by atoms with E-state index in [-0.39, 0.29) is 13.0 Å². The van der Waals surface area contributed by atoms with Crippen molar-refractivity contribution in [3.05, 3.63) is 32.9 Å². The fourth-order valence-corrected chi connectivity index (χ4v) is 5.51. The summed E-state index contributed by atoms with van der Waals surface area (Å²) in [6.45, 7) is 0.279. The van der Waals surface area contributed by atoms with Gasteiger partial charge in [0.15, 0.2) is 0 Å². The van der Waals surface area contributed by atoms with E-state index in [1.807, 2.05) is 4.98 Å². The van der Waals surface area contributed by atoms with Gasteiger partial charge in [0.25, 0.3) is 5.56 Å². The first-order chi connectivity index (χ1) is 13.4. The molecule has 1 aromatic heterocycles. The van der Waals surface area contributed by atoms with Crippen molar-refractivity contribution in [3.8, 4) is 0 Å². The van der Waals surface area contributed by atoms with Gasteiger partial charge in [-0.25, -0.2) is 9.36 Å². The van der Waals surface area contributed by atoms with Crippen LogP contribution in [0.4, 0.5) is 4.39 Å². The molecular weight excluding hydrogens is 394 g/mol. The average Bonchev–Trinajstić information content (AvgIpc) is 3.31. The molecule has 9 nitrogen and oxygen atoms in total. The molecule has 1 aliphatic carbocycles. The number of phosphoric ester groups is 1. The van der Waals surface area contributed by atoms with Gasteiger partial charge in [0, 0.05) is 6.42 Å². The first kappa shape index (κ1) is 20.0. The summed E-state index contributed by atoms with van der Waals surface area (Å²) in [5.41, 5.74) is -1.88. The van der Waals surface area contributed by atoms with Crippen LogP contribution in [0.25, 0.3) is 0 Å². The van der Waals surface area contributed by atoms with Crippen molar-refractivity contribution in [2.24, 2.45) is 5.92 Å². The van der Waals surface area contributed by atoms with Crippen molar-refractivity contribution >= 4 is 7.82 Å². The Bertz CT molecular complexity index is 866.